The van der Waals surface area contributed by atoms with E-state index in [0.717, 1.165) is 21.3 Å². The lowest BCUT2D eigenvalue weighted by Crippen LogP contribution is -2.23. The molecule has 3 rings (SSSR count). The Hall–Kier alpha value is -2.21. The number of anilines is 2. The fourth-order valence-corrected chi connectivity index (χ4v) is 3.29. The molecule has 0 radical (unpaired) electrons. The van der Waals surface area contributed by atoms with E-state index in [1.54, 1.807) is 30.2 Å². The Bertz CT molecular complexity index is 762. The van der Waals surface area contributed by atoms with E-state index in [1.807, 2.05) is 18.2 Å². The Morgan fingerprint density at radius 1 is 1.39 bits per heavy atom. The molecule has 1 aliphatic heterocycles. The molecule has 0 saturated carbocycles. The van der Waals surface area contributed by atoms with Crippen molar-refractivity contribution < 1.29 is 14.3 Å². The monoisotopic (exact) mass is 374 g/mol. The predicted octanol–water partition coefficient (Wildman–Crippen LogP) is 3.17. The number of aromatic nitrogens is 1. The summed E-state index contributed by atoms with van der Waals surface area (Å²) in [4.78, 5) is 30.2. The van der Waals surface area contributed by atoms with Crippen LogP contribution in [0, 0.1) is 0 Å². The van der Waals surface area contributed by atoms with Crippen molar-refractivity contribution in [1.82, 2.24) is 4.98 Å². The van der Waals surface area contributed by atoms with Crippen molar-refractivity contribution in [2.24, 2.45) is 0 Å². The molecule has 1 aliphatic rings. The molecule has 0 fully saturated rings. The molecule has 6 heteroatoms. The van der Waals surface area contributed by atoms with Gasteiger partial charge in [0.2, 0.25) is 5.91 Å². The number of hydrogen-bond acceptors (Lipinski definition) is 4. The zero-order chi connectivity index (χ0) is 16.4. The van der Waals surface area contributed by atoms with E-state index >= 15 is 0 Å². The highest BCUT2D eigenvalue weighted by atomic mass is 79.9. The average molecular weight is 375 g/mol. The molecule has 0 saturated heterocycles. The van der Waals surface area contributed by atoms with Crippen LogP contribution in [0.15, 0.2) is 41.0 Å². The van der Waals surface area contributed by atoms with E-state index in [4.69, 9.17) is 4.74 Å². The molecule has 1 aromatic heterocycles. The van der Waals surface area contributed by atoms with Gasteiger partial charge in [0.15, 0.2) is 0 Å². The number of amides is 1. The van der Waals surface area contributed by atoms with Crippen LogP contribution in [0.4, 0.5) is 11.5 Å². The van der Waals surface area contributed by atoms with Crippen LogP contribution in [-0.2, 0) is 27.2 Å². The van der Waals surface area contributed by atoms with Gasteiger partial charge in [-0.2, -0.15) is 0 Å². The number of benzene rings is 1. The number of ether oxygens (including phenoxy) is 1. The first-order valence-electron chi connectivity index (χ1n) is 7.31. The van der Waals surface area contributed by atoms with E-state index in [0.29, 0.717) is 18.8 Å². The molecule has 0 atom stereocenters. The number of halogens is 1. The van der Waals surface area contributed by atoms with Gasteiger partial charge in [-0.1, -0.05) is 22.0 Å². The molecule has 0 spiro atoms. The van der Waals surface area contributed by atoms with E-state index in [-0.39, 0.29) is 18.3 Å². The standard InChI is InChI=1S/C17H15BrN2O3/c1-2-23-16(22)10-12-8-13(18)7-11-9-15(21)20(17(11)12)14-5-3-4-6-19-14/h3-8H,2,9-10H2,1H3. The van der Waals surface area contributed by atoms with Crippen molar-refractivity contribution in [3.8, 4) is 0 Å². The number of rotatable bonds is 4. The largest absolute Gasteiger partial charge is 0.466 e. The molecule has 1 amide bonds. The lowest BCUT2D eigenvalue weighted by Gasteiger charge is -2.19. The Morgan fingerprint density at radius 3 is 2.91 bits per heavy atom. The summed E-state index contributed by atoms with van der Waals surface area (Å²) < 4.78 is 5.88. The molecule has 0 unspecified atom stereocenters. The maximum Gasteiger partial charge on any atom is 0.310 e. The molecular weight excluding hydrogens is 360 g/mol. The molecule has 2 aromatic rings. The third-order valence-electron chi connectivity index (χ3n) is 3.57. The molecule has 1 aromatic carbocycles. The number of carbonyl (C=O) groups excluding carboxylic acids is 2. The average Bonchev–Trinajstić information content (AvgIpc) is 2.84. The number of esters is 1. The maximum atomic E-state index is 12.5. The van der Waals surface area contributed by atoms with Gasteiger partial charge in [0, 0.05) is 10.7 Å². The van der Waals surface area contributed by atoms with Crippen molar-refractivity contribution >= 4 is 39.3 Å². The second kappa shape index (κ2) is 6.50. The topological polar surface area (TPSA) is 59.5 Å². The van der Waals surface area contributed by atoms with Crippen LogP contribution in [-0.4, -0.2) is 23.5 Å². The van der Waals surface area contributed by atoms with Crippen LogP contribution >= 0.6 is 15.9 Å². The minimum absolute atomic E-state index is 0.0538. The summed E-state index contributed by atoms with van der Waals surface area (Å²) >= 11 is 3.44. The molecule has 23 heavy (non-hydrogen) atoms. The summed E-state index contributed by atoms with van der Waals surface area (Å²) in [6.45, 7) is 2.10. The highest BCUT2D eigenvalue weighted by molar-refractivity contribution is 9.10. The molecule has 0 bridgehead atoms. The first kappa shape index (κ1) is 15.7. The third kappa shape index (κ3) is 3.12. The van der Waals surface area contributed by atoms with Gasteiger partial charge in [0.05, 0.1) is 25.1 Å². The predicted molar refractivity (Wildman–Crippen MR) is 89.6 cm³/mol. The molecule has 0 aliphatic carbocycles. The fourth-order valence-electron chi connectivity index (χ4n) is 2.74. The van der Waals surface area contributed by atoms with E-state index in [1.165, 1.54) is 0 Å². The van der Waals surface area contributed by atoms with Gasteiger partial charge in [0.1, 0.15) is 5.82 Å². The highest BCUT2D eigenvalue weighted by Gasteiger charge is 2.32. The number of hydrogen-bond donors (Lipinski definition) is 0. The normalized spacial score (nSPS) is 13.1. The molecule has 118 valence electrons. The van der Waals surface area contributed by atoms with Crippen LogP contribution in [0.2, 0.25) is 0 Å². The summed E-state index contributed by atoms with van der Waals surface area (Å²) in [6.07, 6.45) is 2.05. The maximum absolute atomic E-state index is 12.5. The van der Waals surface area contributed by atoms with Gasteiger partial charge >= 0.3 is 5.97 Å². The second-order valence-corrected chi connectivity index (χ2v) is 6.06. The van der Waals surface area contributed by atoms with Crippen LogP contribution in [0.3, 0.4) is 0 Å². The quantitative estimate of drug-likeness (QED) is 0.771. The third-order valence-corrected chi connectivity index (χ3v) is 4.02. The lowest BCUT2D eigenvalue weighted by molar-refractivity contribution is -0.142. The SMILES string of the molecule is CCOC(=O)Cc1cc(Br)cc2c1N(c1ccccn1)C(=O)C2. The zero-order valence-electron chi connectivity index (χ0n) is 12.6. The zero-order valence-corrected chi connectivity index (χ0v) is 14.2. The fraction of sp³-hybridized carbons (Fsp3) is 0.235. The summed E-state index contributed by atoms with van der Waals surface area (Å²) in [5, 5.41) is 0. The van der Waals surface area contributed by atoms with Gasteiger partial charge in [0.25, 0.3) is 0 Å². The van der Waals surface area contributed by atoms with E-state index in [9.17, 15) is 9.59 Å². The summed E-state index contributed by atoms with van der Waals surface area (Å²) in [7, 11) is 0. The Balaban J connectivity index is 2.07. The van der Waals surface area contributed by atoms with Crippen LogP contribution in [0.1, 0.15) is 18.1 Å². The van der Waals surface area contributed by atoms with Crippen molar-refractivity contribution in [3.05, 3.63) is 52.1 Å². The summed E-state index contributed by atoms with van der Waals surface area (Å²) in [5.41, 5.74) is 2.38. The Labute approximate surface area is 142 Å². The van der Waals surface area contributed by atoms with E-state index in [2.05, 4.69) is 20.9 Å². The summed E-state index contributed by atoms with van der Waals surface area (Å²) in [5.74, 6) is 0.193. The van der Waals surface area contributed by atoms with Gasteiger partial charge in [-0.25, -0.2) is 4.98 Å². The first-order chi connectivity index (χ1) is 11.1. The number of nitrogens with zero attached hydrogens (tertiary/aromatic N) is 2. The Morgan fingerprint density at radius 2 is 2.22 bits per heavy atom. The Kier molecular flexibility index (Phi) is 4.43. The van der Waals surface area contributed by atoms with Crippen molar-refractivity contribution in [2.75, 3.05) is 11.5 Å². The minimum Gasteiger partial charge on any atom is -0.466 e. The van der Waals surface area contributed by atoms with Crippen molar-refractivity contribution in [3.63, 3.8) is 0 Å². The summed E-state index contributed by atoms with van der Waals surface area (Å²) in [6, 6.07) is 9.17. The number of carbonyl (C=O) groups is 2. The van der Waals surface area contributed by atoms with Gasteiger partial charge in [-0.15, -0.1) is 0 Å². The molecular formula is C17H15BrN2O3. The number of pyridine rings is 1. The molecule has 0 N–H and O–H groups in total. The van der Waals surface area contributed by atoms with Gasteiger partial charge < -0.3 is 4.74 Å². The van der Waals surface area contributed by atoms with E-state index < -0.39 is 0 Å². The first-order valence-corrected chi connectivity index (χ1v) is 8.10. The van der Waals surface area contributed by atoms with Gasteiger partial charge in [-0.05, 0) is 42.3 Å². The van der Waals surface area contributed by atoms with Gasteiger partial charge in [-0.3, -0.25) is 14.5 Å². The second-order valence-electron chi connectivity index (χ2n) is 5.15. The van der Waals surface area contributed by atoms with Crippen LogP contribution < -0.4 is 4.90 Å². The van der Waals surface area contributed by atoms with Crippen molar-refractivity contribution in [1.29, 1.82) is 0 Å². The number of fused-ring (bicyclic) bond motifs is 1. The van der Waals surface area contributed by atoms with Crippen molar-refractivity contribution in [2.45, 2.75) is 19.8 Å². The highest BCUT2D eigenvalue weighted by Crippen LogP contribution is 2.39. The molecule has 5 nitrogen and oxygen atoms in total. The lowest BCUT2D eigenvalue weighted by atomic mass is 10.0. The minimum atomic E-state index is -0.312. The van der Waals surface area contributed by atoms with Crippen LogP contribution in [0.5, 0.6) is 0 Å². The van der Waals surface area contributed by atoms with Crippen LogP contribution in [0.25, 0.3) is 0 Å². The molecule has 2 heterocycles. The smallest absolute Gasteiger partial charge is 0.310 e.